The number of fused-ring (bicyclic) bond motifs is 3. The number of carbonyl (C=O) groups excluding carboxylic acids is 1. The van der Waals surface area contributed by atoms with Crippen LogP contribution in [-0.4, -0.2) is 44.8 Å². The SMILES string of the molecule is Cn1c(C(=O)Nc2cccc(COc3ccc(OC4C[C@H]5CC[C@@H](C4)N5C(=O)O)cc3)c2)cc2sccc21. The first-order chi connectivity index (χ1) is 18.4. The molecule has 4 heterocycles. The van der Waals surface area contributed by atoms with Gasteiger partial charge in [-0.05, 0) is 72.3 Å². The number of thiophene rings is 1. The average molecular weight is 532 g/mol. The van der Waals surface area contributed by atoms with Gasteiger partial charge in [0.25, 0.3) is 5.91 Å². The van der Waals surface area contributed by atoms with Crippen LogP contribution < -0.4 is 14.8 Å². The average Bonchev–Trinajstić information content (AvgIpc) is 3.57. The number of nitrogens with one attached hydrogen (secondary N) is 1. The molecule has 2 N–H and O–H groups in total. The van der Waals surface area contributed by atoms with E-state index < -0.39 is 6.09 Å². The van der Waals surface area contributed by atoms with E-state index in [2.05, 4.69) is 5.32 Å². The summed E-state index contributed by atoms with van der Waals surface area (Å²) in [6.07, 6.45) is 2.51. The molecule has 3 atom stereocenters. The highest BCUT2D eigenvalue weighted by molar-refractivity contribution is 7.17. The van der Waals surface area contributed by atoms with E-state index in [4.69, 9.17) is 9.47 Å². The smallest absolute Gasteiger partial charge is 0.407 e. The molecule has 2 aromatic heterocycles. The summed E-state index contributed by atoms with van der Waals surface area (Å²) in [6.45, 7) is 0.362. The maximum Gasteiger partial charge on any atom is 0.407 e. The predicted molar refractivity (Wildman–Crippen MR) is 146 cm³/mol. The van der Waals surface area contributed by atoms with Gasteiger partial charge in [-0.3, -0.25) is 4.79 Å². The van der Waals surface area contributed by atoms with E-state index in [0.29, 0.717) is 18.0 Å². The maximum atomic E-state index is 12.9. The zero-order valence-electron chi connectivity index (χ0n) is 21.0. The summed E-state index contributed by atoms with van der Waals surface area (Å²) in [5.74, 6) is 1.33. The van der Waals surface area contributed by atoms with Crippen molar-refractivity contribution in [2.75, 3.05) is 5.32 Å². The molecule has 4 aromatic rings. The molecule has 2 aromatic carbocycles. The first-order valence-electron chi connectivity index (χ1n) is 12.8. The Morgan fingerprint density at radius 3 is 2.47 bits per heavy atom. The quantitative estimate of drug-likeness (QED) is 0.300. The fourth-order valence-corrected chi connectivity index (χ4v) is 6.56. The molecule has 0 radical (unpaired) electrons. The van der Waals surface area contributed by atoms with Crippen LogP contribution in [-0.2, 0) is 13.7 Å². The van der Waals surface area contributed by atoms with Crippen LogP contribution in [0.25, 0.3) is 10.2 Å². The minimum Gasteiger partial charge on any atom is -0.490 e. The largest absolute Gasteiger partial charge is 0.490 e. The third kappa shape index (κ3) is 4.81. The van der Waals surface area contributed by atoms with Crippen molar-refractivity contribution in [3.8, 4) is 11.5 Å². The lowest BCUT2D eigenvalue weighted by molar-refractivity contribution is 0.0495. The highest BCUT2D eigenvalue weighted by atomic mass is 32.1. The Balaban J connectivity index is 1.03. The monoisotopic (exact) mass is 531 g/mol. The van der Waals surface area contributed by atoms with Gasteiger partial charge in [0, 0.05) is 37.7 Å². The van der Waals surface area contributed by atoms with Crippen molar-refractivity contribution in [2.45, 2.75) is 50.5 Å². The van der Waals surface area contributed by atoms with Crippen molar-refractivity contribution in [2.24, 2.45) is 7.05 Å². The van der Waals surface area contributed by atoms with E-state index in [-0.39, 0.29) is 24.1 Å². The number of hydrogen-bond acceptors (Lipinski definition) is 5. The molecule has 0 aliphatic carbocycles. The molecule has 6 rings (SSSR count). The van der Waals surface area contributed by atoms with Crippen molar-refractivity contribution in [1.82, 2.24) is 9.47 Å². The van der Waals surface area contributed by atoms with Gasteiger partial charge in [0.1, 0.15) is 29.9 Å². The summed E-state index contributed by atoms with van der Waals surface area (Å²) in [4.78, 5) is 26.0. The van der Waals surface area contributed by atoms with Crippen LogP contribution in [0.15, 0.2) is 66.0 Å². The Morgan fingerprint density at radius 1 is 1.03 bits per heavy atom. The van der Waals surface area contributed by atoms with Crippen LogP contribution in [0.3, 0.4) is 0 Å². The molecule has 9 heteroatoms. The molecule has 0 saturated carbocycles. The summed E-state index contributed by atoms with van der Waals surface area (Å²) in [7, 11) is 1.90. The standard InChI is InChI=1S/C29H29N3O5S/c1-31-25-11-12-38-27(25)16-26(31)28(33)30-19-4-2-3-18(13-19)17-36-22-7-9-23(10-8-22)37-24-14-20-5-6-21(15-24)32(20)29(34)35/h2-4,7-13,16,20-21,24H,5-6,14-15,17H2,1H3,(H,30,33)(H,34,35)/t20-,21+,24?. The van der Waals surface area contributed by atoms with Crippen LogP contribution in [0.4, 0.5) is 10.5 Å². The lowest BCUT2D eigenvalue weighted by Gasteiger charge is -2.37. The molecule has 2 amide bonds. The van der Waals surface area contributed by atoms with E-state index in [9.17, 15) is 14.7 Å². The number of piperidine rings is 1. The molecule has 2 bridgehead atoms. The highest BCUT2D eigenvalue weighted by Gasteiger charge is 2.44. The molecule has 2 aliphatic rings. The van der Waals surface area contributed by atoms with E-state index in [0.717, 1.165) is 53.0 Å². The van der Waals surface area contributed by atoms with Crippen molar-refractivity contribution in [3.63, 3.8) is 0 Å². The number of amides is 2. The third-order valence-electron chi connectivity index (χ3n) is 7.52. The van der Waals surface area contributed by atoms with E-state index in [1.807, 2.05) is 77.7 Å². The molecule has 196 valence electrons. The summed E-state index contributed by atoms with van der Waals surface area (Å²) in [5.41, 5.74) is 3.33. The van der Waals surface area contributed by atoms with Crippen molar-refractivity contribution in [3.05, 3.63) is 77.3 Å². The Kier molecular flexibility index (Phi) is 6.45. The van der Waals surface area contributed by atoms with Gasteiger partial charge in [0.15, 0.2) is 0 Å². The Hall–Kier alpha value is -3.98. The van der Waals surface area contributed by atoms with Crippen LogP contribution in [0.1, 0.15) is 41.7 Å². The summed E-state index contributed by atoms with van der Waals surface area (Å²) in [5, 5.41) is 14.5. The van der Waals surface area contributed by atoms with Crippen LogP contribution in [0.2, 0.25) is 0 Å². The van der Waals surface area contributed by atoms with Gasteiger partial charge in [0.2, 0.25) is 0 Å². The lowest BCUT2D eigenvalue weighted by atomic mass is 10.0. The number of aromatic nitrogens is 1. The molecular weight excluding hydrogens is 502 g/mol. The number of rotatable bonds is 7. The first kappa shape index (κ1) is 24.4. The molecule has 2 saturated heterocycles. The van der Waals surface area contributed by atoms with Crippen molar-refractivity contribution >= 4 is 39.2 Å². The fourth-order valence-electron chi connectivity index (χ4n) is 5.71. The summed E-state index contributed by atoms with van der Waals surface area (Å²) >= 11 is 1.62. The second kappa shape index (κ2) is 10.1. The van der Waals surface area contributed by atoms with Gasteiger partial charge < -0.3 is 29.4 Å². The van der Waals surface area contributed by atoms with Gasteiger partial charge in [-0.2, -0.15) is 0 Å². The number of carbonyl (C=O) groups is 2. The van der Waals surface area contributed by atoms with Crippen molar-refractivity contribution < 1.29 is 24.2 Å². The number of carboxylic acid groups (broad SMARTS) is 1. The van der Waals surface area contributed by atoms with Crippen LogP contribution in [0.5, 0.6) is 11.5 Å². The van der Waals surface area contributed by atoms with Gasteiger partial charge in [0.05, 0.1) is 10.2 Å². The lowest BCUT2D eigenvalue weighted by Crippen LogP contribution is -2.48. The molecule has 8 nitrogen and oxygen atoms in total. The molecule has 2 fully saturated rings. The van der Waals surface area contributed by atoms with Crippen molar-refractivity contribution in [1.29, 1.82) is 0 Å². The number of ether oxygens (including phenoxy) is 2. The number of anilines is 1. The number of hydrogen-bond donors (Lipinski definition) is 2. The van der Waals surface area contributed by atoms with Gasteiger partial charge >= 0.3 is 6.09 Å². The first-order valence-corrected chi connectivity index (χ1v) is 13.7. The summed E-state index contributed by atoms with van der Waals surface area (Å²) < 4.78 is 15.1. The zero-order chi connectivity index (χ0) is 26.2. The summed E-state index contributed by atoms with van der Waals surface area (Å²) in [6, 6.07) is 19.2. The molecule has 2 aliphatic heterocycles. The molecule has 38 heavy (non-hydrogen) atoms. The normalized spacial score (nSPS) is 20.4. The number of aryl methyl sites for hydroxylation is 1. The number of nitrogens with zero attached hydrogens (tertiary/aromatic N) is 2. The Morgan fingerprint density at radius 2 is 1.76 bits per heavy atom. The van der Waals surface area contributed by atoms with E-state index >= 15 is 0 Å². The molecular formula is C29H29N3O5S. The van der Waals surface area contributed by atoms with E-state index in [1.165, 1.54) is 0 Å². The highest BCUT2D eigenvalue weighted by Crippen LogP contribution is 2.37. The number of benzene rings is 2. The third-order valence-corrected chi connectivity index (χ3v) is 8.38. The van der Waals surface area contributed by atoms with Crippen LogP contribution >= 0.6 is 11.3 Å². The Bertz CT molecular complexity index is 1460. The minimum absolute atomic E-state index is 0.0274. The maximum absolute atomic E-state index is 12.9. The second-order valence-electron chi connectivity index (χ2n) is 9.96. The fraction of sp³-hybridized carbons (Fsp3) is 0.310. The van der Waals surface area contributed by atoms with Gasteiger partial charge in [-0.1, -0.05) is 12.1 Å². The van der Waals surface area contributed by atoms with E-state index in [1.54, 1.807) is 16.2 Å². The molecule has 1 unspecified atom stereocenters. The topological polar surface area (TPSA) is 93.0 Å². The van der Waals surface area contributed by atoms with Gasteiger partial charge in [-0.25, -0.2) is 4.79 Å². The van der Waals surface area contributed by atoms with Crippen LogP contribution in [0, 0.1) is 0 Å². The molecule has 0 spiro atoms. The second-order valence-corrected chi connectivity index (χ2v) is 10.9. The zero-order valence-corrected chi connectivity index (χ0v) is 21.8. The minimum atomic E-state index is -0.818. The van der Waals surface area contributed by atoms with Gasteiger partial charge in [-0.15, -0.1) is 11.3 Å². The predicted octanol–water partition coefficient (Wildman–Crippen LogP) is 6.12. The Labute approximate surface area is 224 Å².